The van der Waals surface area contributed by atoms with Crippen LogP contribution in [0.2, 0.25) is 5.02 Å². The van der Waals surface area contributed by atoms with Gasteiger partial charge in [0, 0.05) is 0 Å². The van der Waals surface area contributed by atoms with Gasteiger partial charge in [0.2, 0.25) is 0 Å². The number of nitrogens with zero attached hydrogens (tertiary/aromatic N) is 1. The standard InChI is InChI=1S/C15H17ClN2O4/c1-18(2)4-5-22-14-12(16)7-10(8-13(14)21-3)6-11(9-17)15(19)20/h6-8H,4-5H2,1-3H3,(H,19,20)/b11-6+. The summed E-state index contributed by atoms with van der Waals surface area (Å²) in [5.41, 5.74) is -0.0869. The van der Waals surface area contributed by atoms with Gasteiger partial charge in [-0.3, -0.25) is 0 Å². The summed E-state index contributed by atoms with van der Waals surface area (Å²) in [6.07, 6.45) is 1.16. The number of likely N-dealkylation sites (N-methyl/N-ethyl adjacent to an activating group) is 1. The van der Waals surface area contributed by atoms with Gasteiger partial charge in [0.05, 0.1) is 37.8 Å². The Bertz CT molecular complexity index is 621. The predicted octanol–water partition coefficient (Wildman–Crippen LogP) is -0.471. The van der Waals surface area contributed by atoms with E-state index in [-0.39, 0.29) is 5.02 Å². The minimum absolute atomic E-state index is 0.273. The number of carboxylic acids is 1. The largest absolute Gasteiger partial charge is 0.544 e. The Morgan fingerprint density at radius 1 is 1.50 bits per heavy atom. The van der Waals surface area contributed by atoms with E-state index < -0.39 is 11.5 Å². The number of rotatable bonds is 7. The van der Waals surface area contributed by atoms with Crippen LogP contribution in [0, 0.1) is 11.3 Å². The number of carbonyl (C=O) groups is 1. The molecular weight excluding hydrogens is 308 g/mol. The van der Waals surface area contributed by atoms with Gasteiger partial charge in [-0.2, -0.15) is 5.26 Å². The van der Waals surface area contributed by atoms with Gasteiger partial charge in [0.1, 0.15) is 19.2 Å². The van der Waals surface area contributed by atoms with Gasteiger partial charge in [-0.1, -0.05) is 11.6 Å². The number of nitrogens with one attached hydrogen (secondary N) is 1. The highest BCUT2D eigenvalue weighted by Crippen LogP contribution is 2.36. The molecule has 6 nitrogen and oxygen atoms in total. The van der Waals surface area contributed by atoms with Crippen LogP contribution in [0.15, 0.2) is 17.7 Å². The molecule has 0 aliphatic carbocycles. The van der Waals surface area contributed by atoms with Gasteiger partial charge in [0.25, 0.3) is 0 Å². The number of ether oxygens (including phenoxy) is 2. The summed E-state index contributed by atoms with van der Waals surface area (Å²) in [4.78, 5) is 12.0. The fraction of sp³-hybridized carbons (Fsp3) is 0.333. The number of benzene rings is 1. The quantitative estimate of drug-likeness (QED) is 0.541. The van der Waals surface area contributed by atoms with Crippen LogP contribution >= 0.6 is 11.6 Å². The lowest BCUT2D eigenvalue weighted by Gasteiger charge is -2.14. The zero-order valence-electron chi connectivity index (χ0n) is 12.6. The number of hydrogen-bond donors (Lipinski definition) is 1. The van der Waals surface area contributed by atoms with E-state index in [4.69, 9.17) is 26.3 Å². The van der Waals surface area contributed by atoms with Crippen molar-refractivity contribution >= 4 is 23.6 Å². The smallest absolute Gasteiger partial charge is 0.180 e. The van der Waals surface area contributed by atoms with Crippen LogP contribution in [0.25, 0.3) is 6.08 Å². The minimum atomic E-state index is -1.55. The van der Waals surface area contributed by atoms with Gasteiger partial charge in [-0.15, -0.1) is 0 Å². The van der Waals surface area contributed by atoms with Crippen molar-refractivity contribution < 1.29 is 24.3 Å². The molecule has 0 spiro atoms. The third-order valence-electron chi connectivity index (χ3n) is 2.75. The van der Waals surface area contributed by atoms with Gasteiger partial charge in [0.15, 0.2) is 11.5 Å². The molecule has 1 aromatic rings. The molecular formula is C15H17ClN2O4. The maximum absolute atomic E-state index is 10.8. The van der Waals surface area contributed by atoms with Gasteiger partial charge < -0.3 is 24.3 Å². The Hall–Kier alpha value is -2.23. The Morgan fingerprint density at radius 2 is 2.18 bits per heavy atom. The van der Waals surface area contributed by atoms with Crippen LogP contribution in [0.5, 0.6) is 11.5 Å². The van der Waals surface area contributed by atoms with Gasteiger partial charge in [-0.25, -0.2) is 0 Å². The molecule has 7 heteroatoms. The number of nitriles is 1. The second kappa shape index (κ2) is 8.27. The third kappa shape index (κ3) is 4.95. The van der Waals surface area contributed by atoms with Crippen molar-refractivity contribution in [1.82, 2.24) is 0 Å². The highest BCUT2D eigenvalue weighted by Gasteiger charge is 2.12. The number of hydrogen-bond acceptors (Lipinski definition) is 5. The number of aliphatic carboxylic acids is 1. The van der Waals surface area contributed by atoms with E-state index in [9.17, 15) is 9.90 Å². The van der Waals surface area contributed by atoms with Crippen LogP contribution in [0.3, 0.4) is 0 Å². The first-order valence-corrected chi connectivity index (χ1v) is 6.89. The van der Waals surface area contributed by atoms with Crippen molar-refractivity contribution in [2.24, 2.45) is 0 Å². The fourth-order valence-electron chi connectivity index (χ4n) is 1.62. The van der Waals surface area contributed by atoms with E-state index >= 15 is 0 Å². The molecule has 1 rings (SSSR count). The lowest BCUT2D eigenvalue weighted by molar-refractivity contribution is -0.858. The van der Waals surface area contributed by atoms with Crippen LogP contribution in [-0.2, 0) is 4.79 Å². The van der Waals surface area contributed by atoms with E-state index in [0.717, 1.165) is 12.6 Å². The van der Waals surface area contributed by atoms with Crippen LogP contribution in [-0.4, -0.2) is 40.3 Å². The topological polar surface area (TPSA) is 86.8 Å². The Labute approximate surface area is 134 Å². The molecule has 0 aliphatic heterocycles. The Kier molecular flexibility index (Phi) is 6.70. The summed E-state index contributed by atoms with van der Waals surface area (Å²) in [6.45, 7) is 1.24. The molecule has 0 saturated carbocycles. The first-order valence-electron chi connectivity index (χ1n) is 6.51. The lowest BCUT2D eigenvalue weighted by Crippen LogP contribution is -3.06. The van der Waals surface area contributed by atoms with Crippen molar-refractivity contribution in [3.63, 3.8) is 0 Å². The summed E-state index contributed by atoms with van der Waals surface area (Å²) in [6, 6.07) is 4.60. The van der Waals surface area contributed by atoms with E-state index in [2.05, 4.69) is 0 Å². The second-order valence-electron chi connectivity index (χ2n) is 4.80. The zero-order chi connectivity index (χ0) is 16.7. The molecule has 1 N–H and O–H groups in total. The lowest BCUT2D eigenvalue weighted by atomic mass is 10.1. The molecule has 1 aromatic carbocycles. The first kappa shape index (κ1) is 17.8. The maximum atomic E-state index is 10.8. The monoisotopic (exact) mass is 324 g/mol. The normalized spacial score (nSPS) is 11.2. The minimum Gasteiger partial charge on any atom is -0.544 e. The molecule has 0 radical (unpaired) electrons. The predicted molar refractivity (Wildman–Crippen MR) is 79.8 cm³/mol. The summed E-state index contributed by atoms with van der Waals surface area (Å²) >= 11 is 6.15. The fourth-order valence-corrected chi connectivity index (χ4v) is 1.90. The third-order valence-corrected chi connectivity index (χ3v) is 3.03. The molecule has 0 unspecified atom stereocenters. The number of halogens is 1. The van der Waals surface area contributed by atoms with E-state index in [1.807, 2.05) is 14.1 Å². The molecule has 118 valence electrons. The average molecular weight is 325 g/mol. The molecule has 0 aliphatic rings. The second-order valence-corrected chi connectivity index (χ2v) is 5.20. The number of methoxy groups -OCH3 is 1. The summed E-state index contributed by atoms with van der Waals surface area (Å²) in [7, 11) is 5.45. The number of carboxylic acid groups (broad SMARTS) is 1. The maximum Gasteiger partial charge on any atom is 0.180 e. The van der Waals surface area contributed by atoms with Crippen molar-refractivity contribution in [2.45, 2.75) is 0 Å². The average Bonchev–Trinajstić information content (AvgIpc) is 2.45. The van der Waals surface area contributed by atoms with Crippen molar-refractivity contribution in [3.8, 4) is 17.6 Å². The molecule has 0 fully saturated rings. The Morgan fingerprint density at radius 3 is 2.68 bits per heavy atom. The number of quaternary nitrogens is 1. The van der Waals surface area contributed by atoms with Gasteiger partial charge >= 0.3 is 0 Å². The van der Waals surface area contributed by atoms with Crippen LogP contribution in [0.4, 0.5) is 0 Å². The van der Waals surface area contributed by atoms with Crippen LogP contribution in [0.1, 0.15) is 5.56 Å². The first-order chi connectivity index (χ1) is 10.4. The van der Waals surface area contributed by atoms with E-state index in [1.54, 1.807) is 12.1 Å². The molecule has 0 amide bonds. The van der Waals surface area contributed by atoms with Gasteiger partial charge in [-0.05, 0) is 23.8 Å². The summed E-state index contributed by atoms with van der Waals surface area (Å²) in [5.74, 6) is -0.801. The molecule has 0 aromatic heterocycles. The van der Waals surface area contributed by atoms with E-state index in [0.29, 0.717) is 23.7 Å². The molecule has 0 heterocycles. The SMILES string of the molecule is COc1cc(/C=C(\C#N)C(=O)[O-])cc(Cl)c1OCC[NH+](C)C. The van der Waals surface area contributed by atoms with Crippen LogP contribution < -0.4 is 19.5 Å². The Balaban J connectivity index is 3.10. The zero-order valence-corrected chi connectivity index (χ0v) is 13.4. The molecule has 0 bridgehead atoms. The van der Waals surface area contributed by atoms with Crippen molar-refractivity contribution in [2.75, 3.05) is 34.4 Å². The number of carbonyl (C=O) groups excluding carboxylic acids is 1. The van der Waals surface area contributed by atoms with E-state index in [1.165, 1.54) is 18.1 Å². The highest BCUT2D eigenvalue weighted by molar-refractivity contribution is 6.32. The van der Waals surface area contributed by atoms with Crippen molar-refractivity contribution in [1.29, 1.82) is 5.26 Å². The highest BCUT2D eigenvalue weighted by atomic mass is 35.5. The molecule has 22 heavy (non-hydrogen) atoms. The summed E-state index contributed by atoms with van der Waals surface area (Å²) in [5, 5.41) is 19.8. The molecule has 0 atom stereocenters. The van der Waals surface area contributed by atoms with Crippen molar-refractivity contribution in [3.05, 3.63) is 28.3 Å². The molecule has 0 saturated heterocycles. The summed E-state index contributed by atoms with van der Waals surface area (Å²) < 4.78 is 10.8.